The van der Waals surface area contributed by atoms with E-state index in [0.717, 1.165) is 43.7 Å². The third-order valence-electron chi connectivity index (χ3n) is 4.24. The van der Waals surface area contributed by atoms with Crippen molar-refractivity contribution in [2.24, 2.45) is 0 Å². The highest BCUT2D eigenvalue weighted by Gasteiger charge is 2.23. The fourth-order valence-corrected chi connectivity index (χ4v) is 2.98. The van der Waals surface area contributed by atoms with E-state index in [1.807, 2.05) is 35.5 Å². The fraction of sp³-hybridized carbons (Fsp3) is 0.389. The van der Waals surface area contributed by atoms with Crippen molar-refractivity contribution in [3.63, 3.8) is 0 Å². The van der Waals surface area contributed by atoms with Gasteiger partial charge in [0.1, 0.15) is 0 Å². The van der Waals surface area contributed by atoms with Crippen LogP contribution in [0.25, 0.3) is 0 Å². The number of likely N-dealkylation sites (tertiary alicyclic amines) is 1. The highest BCUT2D eigenvalue weighted by molar-refractivity contribution is 5.73. The van der Waals surface area contributed by atoms with Gasteiger partial charge in [-0.2, -0.15) is 0 Å². The quantitative estimate of drug-likeness (QED) is 0.874. The predicted molar refractivity (Wildman–Crippen MR) is 85.5 cm³/mol. The number of carbonyl (C=O) groups excluding carboxylic acids is 1. The number of rotatable bonds is 3. The number of benzene rings is 1. The molecule has 2 aromatic rings. The van der Waals surface area contributed by atoms with Crippen molar-refractivity contribution in [1.29, 1.82) is 0 Å². The lowest BCUT2D eigenvalue weighted by Gasteiger charge is -2.31. The van der Waals surface area contributed by atoms with Crippen LogP contribution in [0.5, 0.6) is 0 Å². The normalized spacial score (nSPS) is 18.2. The Labute approximate surface area is 131 Å². The zero-order chi connectivity index (χ0) is 15.4. The molecule has 2 heterocycles. The van der Waals surface area contributed by atoms with Crippen LogP contribution in [0.2, 0.25) is 0 Å². The molecule has 1 aromatic carbocycles. The van der Waals surface area contributed by atoms with Crippen molar-refractivity contribution in [2.75, 3.05) is 13.1 Å². The van der Waals surface area contributed by atoms with Gasteiger partial charge in [-0.15, -0.1) is 0 Å². The molecule has 0 bridgehead atoms. The van der Waals surface area contributed by atoms with E-state index in [4.69, 9.17) is 0 Å². The Bertz CT molecular complexity index is 625. The van der Waals surface area contributed by atoms with Crippen LogP contribution in [0.1, 0.15) is 42.6 Å². The molecule has 0 radical (unpaired) electrons. The minimum Gasteiger partial charge on any atom is -0.342 e. The summed E-state index contributed by atoms with van der Waals surface area (Å²) in [5.41, 5.74) is 3.22. The Morgan fingerprint density at radius 2 is 2.05 bits per heavy atom. The summed E-state index contributed by atoms with van der Waals surface area (Å²) in [7, 11) is 0. The Hall–Kier alpha value is -2.23. The summed E-state index contributed by atoms with van der Waals surface area (Å²) in [6, 6.07) is 10.3. The maximum Gasteiger partial charge on any atom is 0.219 e. The van der Waals surface area contributed by atoms with Gasteiger partial charge in [-0.25, -0.2) is 0 Å². The number of aromatic nitrogens is 2. The summed E-state index contributed by atoms with van der Waals surface area (Å²) in [4.78, 5) is 22.6. The van der Waals surface area contributed by atoms with Gasteiger partial charge in [0.15, 0.2) is 0 Å². The maximum atomic E-state index is 11.5. The highest BCUT2D eigenvalue weighted by atomic mass is 16.2. The fourth-order valence-electron chi connectivity index (χ4n) is 2.98. The van der Waals surface area contributed by atoms with E-state index in [2.05, 4.69) is 22.1 Å². The molecular formula is C18H21N3O. The van der Waals surface area contributed by atoms with Gasteiger partial charge in [0, 0.05) is 44.7 Å². The first kappa shape index (κ1) is 14.7. The molecule has 1 atom stereocenters. The van der Waals surface area contributed by atoms with Gasteiger partial charge < -0.3 is 4.90 Å². The van der Waals surface area contributed by atoms with Crippen LogP contribution in [-0.4, -0.2) is 33.9 Å². The third-order valence-corrected chi connectivity index (χ3v) is 4.24. The van der Waals surface area contributed by atoms with Gasteiger partial charge in [0.05, 0.1) is 11.4 Å². The van der Waals surface area contributed by atoms with Gasteiger partial charge in [0.2, 0.25) is 5.91 Å². The monoisotopic (exact) mass is 295 g/mol. The van der Waals surface area contributed by atoms with Crippen molar-refractivity contribution in [1.82, 2.24) is 14.9 Å². The average Bonchev–Trinajstić information content (AvgIpc) is 2.56. The van der Waals surface area contributed by atoms with Crippen LogP contribution in [0.4, 0.5) is 0 Å². The average molecular weight is 295 g/mol. The zero-order valence-electron chi connectivity index (χ0n) is 12.9. The lowest BCUT2D eigenvalue weighted by molar-refractivity contribution is -0.130. The van der Waals surface area contributed by atoms with Crippen molar-refractivity contribution >= 4 is 5.91 Å². The molecule has 1 aliphatic rings. The Kier molecular flexibility index (Phi) is 4.47. The van der Waals surface area contributed by atoms with Gasteiger partial charge in [-0.1, -0.05) is 30.3 Å². The van der Waals surface area contributed by atoms with E-state index in [1.54, 1.807) is 6.92 Å². The molecule has 22 heavy (non-hydrogen) atoms. The third kappa shape index (κ3) is 3.50. The SMILES string of the molecule is CC(=O)N1CCC[C@@H](c2cnc(Cc3ccccc3)cn2)C1. The summed E-state index contributed by atoms with van der Waals surface area (Å²) < 4.78 is 0. The first-order valence-corrected chi connectivity index (χ1v) is 7.82. The Morgan fingerprint density at radius 1 is 1.23 bits per heavy atom. The smallest absolute Gasteiger partial charge is 0.219 e. The lowest BCUT2D eigenvalue weighted by atomic mass is 9.95. The molecule has 0 N–H and O–H groups in total. The summed E-state index contributed by atoms with van der Waals surface area (Å²) in [5.74, 6) is 0.467. The minimum atomic E-state index is 0.151. The summed E-state index contributed by atoms with van der Waals surface area (Å²) in [6.45, 7) is 3.27. The number of hydrogen-bond acceptors (Lipinski definition) is 3. The van der Waals surface area contributed by atoms with Crippen LogP contribution in [0, 0.1) is 0 Å². The van der Waals surface area contributed by atoms with Gasteiger partial charge in [-0.3, -0.25) is 14.8 Å². The molecule has 1 amide bonds. The van der Waals surface area contributed by atoms with Crippen LogP contribution in [0.3, 0.4) is 0 Å². The second-order valence-corrected chi connectivity index (χ2v) is 5.90. The standard InChI is InChI=1S/C18H21N3O/c1-14(22)21-9-5-8-16(13-21)18-12-19-17(11-20-18)10-15-6-3-2-4-7-15/h2-4,6-7,11-12,16H,5,8-10,13H2,1H3/t16-/m1/s1. The van der Waals surface area contributed by atoms with Crippen LogP contribution < -0.4 is 0 Å². The van der Waals surface area contributed by atoms with Crippen molar-refractivity contribution in [3.05, 3.63) is 59.7 Å². The van der Waals surface area contributed by atoms with Gasteiger partial charge in [0.25, 0.3) is 0 Å². The minimum absolute atomic E-state index is 0.151. The number of carbonyl (C=O) groups is 1. The predicted octanol–water partition coefficient (Wildman–Crippen LogP) is 2.79. The molecule has 1 saturated heterocycles. The highest BCUT2D eigenvalue weighted by Crippen LogP contribution is 2.25. The number of nitrogens with zero attached hydrogens (tertiary/aromatic N) is 3. The van der Waals surface area contributed by atoms with Crippen LogP contribution in [-0.2, 0) is 11.2 Å². The van der Waals surface area contributed by atoms with E-state index in [-0.39, 0.29) is 5.91 Å². The second-order valence-electron chi connectivity index (χ2n) is 5.90. The number of amides is 1. The van der Waals surface area contributed by atoms with E-state index in [1.165, 1.54) is 5.56 Å². The molecule has 3 rings (SSSR count). The van der Waals surface area contributed by atoms with Gasteiger partial charge in [-0.05, 0) is 18.4 Å². The largest absolute Gasteiger partial charge is 0.342 e. The summed E-state index contributed by atoms with van der Waals surface area (Å²) in [5, 5.41) is 0. The molecule has 4 nitrogen and oxygen atoms in total. The van der Waals surface area contributed by atoms with E-state index >= 15 is 0 Å². The molecule has 1 aliphatic heterocycles. The van der Waals surface area contributed by atoms with Gasteiger partial charge >= 0.3 is 0 Å². The first-order chi connectivity index (χ1) is 10.7. The molecule has 4 heteroatoms. The maximum absolute atomic E-state index is 11.5. The molecule has 0 spiro atoms. The Balaban J connectivity index is 1.67. The number of piperidine rings is 1. The summed E-state index contributed by atoms with van der Waals surface area (Å²) >= 11 is 0. The van der Waals surface area contributed by atoms with Crippen molar-refractivity contribution < 1.29 is 4.79 Å². The molecule has 0 saturated carbocycles. The van der Waals surface area contributed by atoms with Crippen molar-refractivity contribution in [3.8, 4) is 0 Å². The summed E-state index contributed by atoms with van der Waals surface area (Å²) in [6.07, 6.45) is 6.67. The molecule has 1 fully saturated rings. The molecule has 1 aromatic heterocycles. The van der Waals surface area contributed by atoms with E-state index < -0.39 is 0 Å². The van der Waals surface area contributed by atoms with Crippen LogP contribution in [0.15, 0.2) is 42.7 Å². The van der Waals surface area contributed by atoms with Crippen molar-refractivity contribution in [2.45, 2.75) is 32.1 Å². The molecule has 114 valence electrons. The first-order valence-electron chi connectivity index (χ1n) is 7.82. The van der Waals surface area contributed by atoms with E-state index in [9.17, 15) is 4.79 Å². The number of hydrogen-bond donors (Lipinski definition) is 0. The topological polar surface area (TPSA) is 46.1 Å². The lowest BCUT2D eigenvalue weighted by Crippen LogP contribution is -2.37. The van der Waals surface area contributed by atoms with Crippen LogP contribution >= 0.6 is 0 Å². The molecule has 0 unspecified atom stereocenters. The molecule has 0 aliphatic carbocycles. The zero-order valence-corrected chi connectivity index (χ0v) is 12.9. The Morgan fingerprint density at radius 3 is 2.73 bits per heavy atom. The van der Waals surface area contributed by atoms with E-state index in [0.29, 0.717) is 5.92 Å². The molecular weight excluding hydrogens is 274 g/mol. The second kappa shape index (κ2) is 6.69.